The molecule has 0 spiro atoms. The van der Waals surface area contributed by atoms with E-state index in [-0.39, 0.29) is 17.9 Å². The summed E-state index contributed by atoms with van der Waals surface area (Å²) < 4.78 is 0. The van der Waals surface area contributed by atoms with E-state index in [0.717, 1.165) is 23.5 Å². The van der Waals surface area contributed by atoms with Gasteiger partial charge in [-0.1, -0.05) is 18.2 Å². The molecule has 1 unspecified atom stereocenters. The lowest BCUT2D eigenvalue weighted by molar-refractivity contribution is -0.120. The summed E-state index contributed by atoms with van der Waals surface area (Å²) in [6.45, 7) is 8.67. The van der Waals surface area contributed by atoms with E-state index in [1.54, 1.807) is 0 Å². The lowest BCUT2D eigenvalue weighted by Crippen LogP contribution is -2.44. The first-order valence-corrected chi connectivity index (χ1v) is 10.1. The largest absolute Gasteiger partial charge is 0.337 e. The number of nitrogens with one attached hydrogen (secondary N) is 1. The normalized spacial score (nSPS) is 16.6. The Morgan fingerprint density at radius 1 is 1.11 bits per heavy atom. The van der Waals surface area contributed by atoms with Gasteiger partial charge < -0.3 is 10.2 Å². The van der Waals surface area contributed by atoms with Crippen LogP contribution < -0.4 is 5.32 Å². The van der Waals surface area contributed by atoms with Gasteiger partial charge in [0.15, 0.2) is 5.13 Å². The molecule has 1 aliphatic heterocycles. The van der Waals surface area contributed by atoms with Gasteiger partial charge in [-0.2, -0.15) is 0 Å². The average molecular weight is 387 g/mol. The number of carbonyl (C=O) groups is 2. The number of carbonyl (C=O) groups excluding carboxylic acids is 2. The molecular formula is C20H26N4O2S. The second kappa shape index (κ2) is 8.63. The zero-order valence-electron chi connectivity index (χ0n) is 16.1. The molecule has 3 rings (SSSR count). The number of nitrogens with zero attached hydrogens (tertiary/aromatic N) is 3. The van der Waals surface area contributed by atoms with Crippen LogP contribution in [0.15, 0.2) is 30.3 Å². The first-order chi connectivity index (χ1) is 13.0. The summed E-state index contributed by atoms with van der Waals surface area (Å²) >= 11 is 1.50. The Labute approximate surface area is 164 Å². The summed E-state index contributed by atoms with van der Waals surface area (Å²) in [5.41, 5.74) is 1.67. The summed E-state index contributed by atoms with van der Waals surface area (Å²) in [6.07, 6.45) is 0.853. The molecular weight excluding hydrogens is 360 g/mol. The van der Waals surface area contributed by atoms with Crippen molar-refractivity contribution >= 4 is 28.3 Å². The number of hydrogen-bond acceptors (Lipinski definition) is 5. The van der Waals surface area contributed by atoms with Crippen LogP contribution in [-0.4, -0.2) is 58.8 Å². The molecule has 1 atom stereocenters. The standard InChI is InChI=1S/C20H26N4O2S/c1-14-16(3)27-20(21-14)22-18(25)15(2)23-10-7-11-24(13-12-23)19(26)17-8-5-4-6-9-17/h4-6,8-9,15H,7,10-13H2,1-3H3,(H,21,22,25). The molecule has 6 nitrogen and oxygen atoms in total. The number of anilines is 1. The van der Waals surface area contributed by atoms with Crippen LogP contribution >= 0.6 is 11.3 Å². The third-order valence-corrected chi connectivity index (χ3v) is 6.01. The Kier molecular flexibility index (Phi) is 6.23. The minimum Gasteiger partial charge on any atom is -0.337 e. The van der Waals surface area contributed by atoms with Crippen LogP contribution in [0.5, 0.6) is 0 Å². The molecule has 1 aromatic heterocycles. The molecule has 0 aliphatic carbocycles. The van der Waals surface area contributed by atoms with Crippen LogP contribution in [0.4, 0.5) is 5.13 Å². The molecule has 27 heavy (non-hydrogen) atoms. The van der Waals surface area contributed by atoms with Crippen LogP contribution in [0.25, 0.3) is 0 Å². The number of rotatable bonds is 4. The first-order valence-electron chi connectivity index (χ1n) is 9.29. The fourth-order valence-electron chi connectivity index (χ4n) is 3.19. The zero-order chi connectivity index (χ0) is 19.4. The van der Waals surface area contributed by atoms with Crippen molar-refractivity contribution in [3.8, 4) is 0 Å². The van der Waals surface area contributed by atoms with Crippen molar-refractivity contribution in [2.75, 3.05) is 31.5 Å². The predicted molar refractivity (Wildman–Crippen MR) is 108 cm³/mol. The number of amides is 2. The molecule has 0 radical (unpaired) electrons. The van der Waals surface area contributed by atoms with E-state index in [4.69, 9.17) is 0 Å². The van der Waals surface area contributed by atoms with E-state index in [1.807, 2.05) is 56.0 Å². The van der Waals surface area contributed by atoms with Crippen LogP contribution in [0.1, 0.15) is 34.3 Å². The lowest BCUT2D eigenvalue weighted by Gasteiger charge is -2.26. The molecule has 144 valence electrons. The molecule has 1 N–H and O–H groups in total. The maximum absolute atomic E-state index is 12.7. The van der Waals surface area contributed by atoms with Crippen molar-refractivity contribution < 1.29 is 9.59 Å². The van der Waals surface area contributed by atoms with Crippen molar-refractivity contribution in [2.24, 2.45) is 0 Å². The topological polar surface area (TPSA) is 65.5 Å². The molecule has 7 heteroatoms. The van der Waals surface area contributed by atoms with Gasteiger partial charge in [-0.05, 0) is 39.3 Å². The number of hydrogen-bond donors (Lipinski definition) is 1. The molecule has 2 aromatic rings. The third kappa shape index (κ3) is 4.73. The summed E-state index contributed by atoms with van der Waals surface area (Å²) in [4.78, 5) is 34.8. The highest BCUT2D eigenvalue weighted by Gasteiger charge is 2.26. The van der Waals surface area contributed by atoms with Gasteiger partial charge in [-0.3, -0.25) is 14.5 Å². The Bertz CT molecular complexity index is 786. The molecule has 2 heterocycles. The van der Waals surface area contributed by atoms with Gasteiger partial charge in [0.25, 0.3) is 5.91 Å². The quantitative estimate of drug-likeness (QED) is 0.877. The summed E-state index contributed by atoms with van der Waals surface area (Å²) in [6, 6.07) is 9.10. The van der Waals surface area contributed by atoms with Gasteiger partial charge in [0, 0.05) is 36.6 Å². The molecule has 1 saturated heterocycles. The summed E-state index contributed by atoms with van der Waals surface area (Å²) in [5, 5.41) is 3.58. The molecule has 1 aliphatic rings. The van der Waals surface area contributed by atoms with Crippen molar-refractivity contribution in [3.63, 3.8) is 0 Å². The second-order valence-corrected chi connectivity index (χ2v) is 8.08. The van der Waals surface area contributed by atoms with Crippen LogP contribution in [0, 0.1) is 13.8 Å². The Hall–Kier alpha value is -2.25. The number of aryl methyl sites for hydroxylation is 2. The van der Waals surface area contributed by atoms with E-state index in [9.17, 15) is 9.59 Å². The fraction of sp³-hybridized carbons (Fsp3) is 0.450. The smallest absolute Gasteiger partial charge is 0.253 e. The van der Waals surface area contributed by atoms with E-state index < -0.39 is 0 Å². The Balaban J connectivity index is 1.58. The monoisotopic (exact) mass is 386 g/mol. The molecule has 0 saturated carbocycles. The van der Waals surface area contributed by atoms with Gasteiger partial charge in [-0.15, -0.1) is 11.3 Å². The molecule has 1 fully saturated rings. The average Bonchev–Trinajstić information content (AvgIpc) is 2.87. The first kappa shape index (κ1) is 19.5. The molecule has 1 aromatic carbocycles. The highest BCUT2D eigenvalue weighted by atomic mass is 32.1. The van der Waals surface area contributed by atoms with Gasteiger partial charge >= 0.3 is 0 Å². The van der Waals surface area contributed by atoms with Gasteiger partial charge in [0.2, 0.25) is 5.91 Å². The lowest BCUT2D eigenvalue weighted by atomic mass is 10.2. The third-order valence-electron chi connectivity index (χ3n) is 5.02. The zero-order valence-corrected chi connectivity index (χ0v) is 16.9. The Morgan fingerprint density at radius 2 is 1.85 bits per heavy atom. The SMILES string of the molecule is Cc1nc(NC(=O)C(C)N2CCCN(C(=O)c3ccccc3)CC2)sc1C. The van der Waals surface area contributed by atoms with E-state index in [1.165, 1.54) is 11.3 Å². The van der Waals surface area contributed by atoms with Gasteiger partial charge in [-0.25, -0.2) is 4.98 Å². The maximum atomic E-state index is 12.7. The minimum absolute atomic E-state index is 0.0495. The predicted octanol–water partition coefficient (Wildman–Crippen LogP) is 2.94. The van der Waals surface area contributed by atoms with Crippen LogP contribution in [-0.2, 0) is 4.79 Å². The van der Waals surface area contributed by atoms with Gasteiger partial charge in [0.1, 0.15) is 0 Å². The van der Waals surface area contributed by atoms with Crippen molar-refractivity contribution in [2.45, 2.75) is 33.2 Å². The van der Waals surface area contributed by atoms with Crippen LogP contribution in [0.3, 0.4) is 0 Å². The highest BCUT2D eigenvalue weighted by molar-refractivity contribution is 7.15. The van der Waals surface area contributed by atoms with Crippen molar-refractivity contribution in [1.29, 1.82) is 0 Å². The second-order valence-electron chi connectivity index (χ2n) is 6.87. The summed E-state index contributed by atoms with van der Waals surface area (Å²) in [7, 11) is 0. The maximum Gasteiger partial charge on any atom is 0.253 e. The Morgan fingerprint density at radius 3 is 2.52 bits per heavy atom. The van der Waals surface area contributed by atoms with Crippen molar-refractivity contribution in [1.82, 2.24) is 14.8 Å². The van der Waals surface area contributed by atoms with Gasteiger partial charge in [0.05, 0.1) is 11.7 Å². The van der Waals surface area contributed by atoms with E-state index in [2.05, 4.69) is 15.2 Å². The number of benzene rings is 1. The van der Waals surface area contributed by atoms with E-state index >= 15 is 0 Å². The van der Waals surface area contributed by atoms with Crippen molar-refractivity contribution in [3.05, 3.63) is 46.5 Å². The van der Waals surface area contributed by atoms with E-state index in [0.29, 0.717) is 30.3 Å². The molecule has 2 amide bonds. The molecule has 0 bridgehead atoms. The van der Waals surface area contributed by atoms with Crippen LogP contribution in [0.2, 0.25) is 0 Å². The number of aromatic nitrogens is 1. The highest BCUT2D eigenvalue weighted by Crippen LogP contribution is 2.21. The fourth-order valence-corrected chi connectivity index (χ4v) is 4.01. The summed E-state index contributed by atoms with van der Waals surface area (Å²) in [5.74, 6) is 0.00914. The minimum atomic E-state index is -0.263. The number of thiazole rings is 1.